The van der Waals surface area contributed by atoms with E-state index in [4.69, 9.17) is 5.84 Å². The maximum Gasteiger partial charge on any atom is 0.443 e. The number of hydrazine groups is 1. The Balaban J connectivity index is 2.48. The summed E-state index contributed by atoms with van der Waals surface area (Å²) in [5.74, 6) is 3.36. The monoisotopic (exact) mass is 387 g/mol. The summed E-state index contributed by atoms with van der Waals surface area (Å²) in [5.41, 5.74) is 1.63. The Morgan fingerprint density at radius 1 is 1.24 bits per heavy atom. The summed E-state index contributed by atoms with van der Waals surface area (Å²) in [6, 6.07) is 0.717. The second kappa shape index (κ2) is 5.95. The van der Waals surface area contributed by atoms with Crippen molar-refractivity contribution in [1.82, 2.24) is 10.4 Å². The molecule has 2 rings (SSSR count). The molecule has 0 aliphatic rings. The minimum atomic E-state index is -4.63. The Morgan fingerprint density at radius 2 is 1.81 bits per heavy atom. The highest BCUT2D eigenvalue weighted by atomic mass is 79.9. The maximum absolute atomic E-state index is 13.9. The molecule has 1 heterocycles. The van der Waals surface area contributed by atoms with Crippen molar-refractivity contribution in [3.63, 3.8) is 0 Å². The van der Waals surface area contributed by atoms with Crippen molar-refractivity contribution in [2.45, 2.75) is 12.2 Å². The molecule has 1 atom stereocenters. The molecule has 0 spiro atoms. The number of rotatable bonds is 3. The van der Waals surface area contributed by atoms with Crippen molar-refractivity contribution in [2.24, 2.45) is 5.84 Å². The van der Waals surface area contributed by atoms with E-state index in [0.29, 0.717) is 0 Å². The van der Waals surface area contributed by atoms with Gasteiger partial charge in [0.25, 0.3) is 0 Å². The van der Waals surface area contributed by atoms with Crippen LogP contribution in [0.25, 0.3) is 0 Å². The first-order valence-electron chi connectivity index (χ1n) is 5.37. The fourth-order valence-corrected chi connectivity index (χ4v) is 2.94. The standard InChI is InChI=1S/C11H7BrF5N3S/c12-4-1-5(13)8(6(14)2-4)9(20-18)7-3-19-10(21-7)11(15,16)17/h1-3,9,20H,18H2. The van der Waals surface area contributed by atoms with Crippen LogP contribution in [0.1, 0.15) is 21.5 Å². The molecule has 1 aromatic carbocycles. The van der Waals surface area contributed by atoms with E-state index >= 15 is 0 Å². The van der Waals surface area contributed by atoms with Crippen molar-refractivity contribution < 1.29 is 22.0 Å². The number of halogens is 6. The quantitative estimate of drug-likeness (QED) is 0.479. The van der Waals surface area contributed by atoms with Crippen LogP contribution in [-0.4, -0.2) is 4.98 Å². The minimum absolute atomic E-state index is 0.0510. The van der Waals surface area contributed by atoms with Crippen LogP contribution in [0.3, 0.4) is 0 Å². The van der Waals surface area contributed by atoms with Crippen LogP contribution >= 0.6 is 27.3 Å². The van der Waals surface area contributed by atoms with E-state index in [2.05, 4.69) is 26.3 Å². The molecule has 21 heavy (non-hydrogen) atoms. The average Bonchev–Trinajstić information content (AvgIpc) is 2.82. The average molecular weight is 388 g/mol. The number of alkyl halides is 3. The number of benzene rings is 1. The van der Waals surface area contributed by atoms with E-state index in [9.17, 15) is 22.0 Å². The number of aromatic nitrogens is 1. The number of nitrogens with one attached hydrogen (secondary N) is 1. The molecule has 2 aromatic rings. The Morgan fingerprint density at radius 3 is 2.24 bits per heavy atom. The molecule has 10 heteroatoms. The Hall–Kier alpha value is -1.10. The predicted molar refractivity (Wildman–Crippen MR) is 70.3 cm³/mol. The first kappa shape index (κ1) is 16.3. The van der Waals surface area contributed by atoms with E-state index in [1.54, 1.807) is 0 Å². The smallest absolute Gasteiger partial charge is 0.271 e. The zero-order valence-corrected chi connectivity index (χ0v) is 12.4. The highest BCUT2D eigenvalue weighted by Crippen LogP contribution is 2.37. The molecule has 0 aliphatic heterocycles. The number of hydrogen-bond acceptors (Lipinski definition) is 4. The van der Waals surface area contributed by atoms with Gasteiger partial charge in [0.1, 0.15) is 11.6 Å². The van der Waals surface area contributed by atoms with Crippen molar-refractivity contribution in [1.29, 1.82) is 0 Å². The number of nitrogens with zero attached hydrogens (tertiary/aromatic N) is 1. The van der Waals surface area contributed by atoms with Crippen LogP contribution in [-0.2, 0) is 6.18 Å². The first-order valence-corrected chi connectivity index (χ1v) is 6.98. The number of nitrogens with two attached hydrogens (primary N) is 1. The van der Waals surface area contributed by atoms with Gasteiger partial charge in [-0.05, 0) is 12.1 Å². The molecule has 1 unspecified atom stereocenters. The fraction of sp³-hybridized carbons (Fsp3) is 0.182. The number of hydrogen-bond donors (Lipinski definition) is 2. The van der Waals surface area contributed by atoms with Gasteiger partial charge in [0.15, 0.2) is 5.01 Å². The summed E-state index contributed by atoms with van der Waals surface area (Å²) in [6.45, 7) is 0. The third kappa shape index (κ3) is 3.39. The molecule has 0 radical (unpaired) electrons. The topological polar surface area (TPSA) is 50.9 Å². The van der Waals surface area contributed by atoms with Gasteiger partial charge in [-0.3, -0.25) is 5.84 Å². The van der Waals surface area contributed by atoms with Crippen LogP contribution in [0.2, 0.25) is 0 Å². The van der Waals surface area contributed by atoms with Gasteiger partial charge in [0.05, 0.1) is 6.04 Å². The lowest BCUT2D eigenvalue weighted by Gasteiger charge is -2.16. The Bertz CT molecular complexity index is 635. The van der Waals surface area contributed by atoms with Gasteiger partial charge >= 0.3 is 6.18 Å². The minimum Gasteiger partial charge on any atom is -0.271 e. The van der Waals surface area contributed by atoms with Gasteiger partial charge in [-0.1, -0.05) is 15.9 Å². The van der Waals surface area contributed by atoms with Crippen molar-refractivity contribution in [3.8, 4) is 0 Å². The summed E-state index contributed by atoms with van der Waals surface area (Å²) >= 11 is 3.18. The highest BCUT2D eigenvalue weighted by Gasteiger charge is 2.36. The van der Waals surface area contributed by atoms with E-state index in [-0.39, 0.29) is 20.7 Å². The molecule has 0 fully saturated rings. The lowest BCUT2D eigenvalue weighted by molar-refractivity contribution is -0.137. The van der Waals surface area contributed by atoms with Crippen molar-refractivity contribution in [2.75, 3.05) is 0 Å². The normalized spacial score (nSPS) is 13.5. The fourth-order valence-electron chi connectivity index (χ4n) is 1.69. The second-order valence-electron chi connectivity index (χ2n) is 3.95. The third-order valence-corrected chi connectivity index (χ3v) is 4.11. The number of thiazole rings is 1. The molecule has 0 bridgehead atoms. The second-order valence-corrected chi connectivity index (χ2v) is 5.93. The van der Waals surface area contributed by atoms with Crippen molar-refractivity contribution in [3.05, 3.63) is 49.9 Å². The van der Waals surface area contributed by atoms with Crippen LogP contribution < -0.4 is 11.3 Å². The molecular weight excluding hydrogens is 381 g/mol. The van der Waals surface area contributed by atoms with Crippen LogP contribution in [0.15, 0.2) is 22.8 Å². The molecule has 3 nitrogen and oxygen atoms in total. The molecule has 0 saturated heterocycles. The van der Waals surface area contributed by atoms with E-state index < -0.39 is 34.4 Å². The predicted octanol–water partition coefficient (Wildman–Crippen LogP) is 3.76. The van der Waals surface area contributed by atoms with Crippen LogP contribution in [0, 0.1) is 11.6 Å². The van der Waals surface area contributed by atoms with Crippen molar-refractivity contribution >= 4 is 27.3 Å². The molecule has 3 N–H and O–H groups in total. The Labute approximate surface area is 128 Å². The maximum atomic E-state index is 13.9. The summed E-state index contributed by atoms with van der Waals surface area (Å²) in [6.07, 6.45) is -3.74. The summed E-state index contributed by atoms with van der Waals surface area (Å²) in [7, 11) is 0. The van der Waals surface area contributed by atoms with E-state index in [1.807, 2.05) is 0 Å². The summed E-state index contributed by atoms with van der Waals surface area (Å²) in [4.78, 5) is 3.15. The Kier molecular flexibility index (Phi) is 4.61. The summed E-state index contributed by atoms with van der Waals surface area (Å²) < 4.78 is 65.5. The van der Waals surface area contributed by atoms with Gasteiger partial charge in [0, 0.05) is 21.1 Å². The van der Waals surface area contributed by atoms with Crippen LogP contribution in [0.5, 0.6) is 0 Å². The highest BCUT2D eigenvalue weighted by molar-refractivity contribution is 9.10. The third-order valence-electron chi connectivity index (χ3n) is 2.55. The van der Waals surface area contributed by atoms with E-state index in [1.165, 1.54) is 0 Å². The summed E-state index contributed by atoms with van der Waals surface area (Å²) in [5, 5.41) is -1.12. The molecule has 1 aromatic heterocycles. The van der Waals surface area contributed by atoms with Gasteiger partial charge in [-0.25, -0.2) is 19.2 Å². The SMILES string of the molecule is NNC(c1cnc(C(F)(F)F)s1)c1c(F)cc(Br)cc1F. The largest absolute Gasteiger partial charge is 0.443 e. The first-order chi connectivity index (χ1) is 9.74. The zero-order chi connectivity index (χ0) is 15.8. The molecular formula is C11H7BrF5N3S. The molecule has 0 amide bonds. The van der Waals surface area contributed by atoms with Gasteiger partial charge < -0.3 is 0 Å². The lowest BCUT2D eigenvalue weighted by atomic mass is 10.1. The van der Waals surface area contributed by atoms with Crippen LogP contribution in [0.4, 0.5) is 22.0 Å². The van der Waals surface area contributed by atoms with Gasteiger partial charge in [-0.15, -0.1) is 11.3 Å². The zero-order valence-electron chi connectivity index (χ0n) is 10.0. The molecule has 0 saturated carbocycles. The van der Waals surface area contributed by atoms with Gasteiger partial charge in [0.2, 0.25) is 0 Å². The van der Waals surface area contributed by atoms with Gasteiger partial charge in [-0.2, -0.15) is 13.2 Å². The molecule has 114 valence electrons. The lowest BCUT2D eigenvalue weighted by Crippen LogP contribution is -2.29. The van der Waals surface area contributed by atoms with E-state index in [0.717, 1.165) is 18.3 Å². The molecule has 0 aliphatic carbocycles.